The lowest BCUT2D eigenvalue weighted by molar-refractivity contribution is -0.109. The summed E-state index contributed by atoms with van der Waals surface area (Å²) in [5, 5.41) is 4.51. The van der Waals surface area contributed by atoms with E-state index in [0.29, 0.717) is 29.2 Å². The number of benzene rings is 2. The molecule has 1 spiro atoms. The van der Waals surface area contributed by atoms with Gasteiger partial charge in [0.2, 0.25) is 0 Å². The van der Waals surface area contributed by atoms with Crippen LogP contribution in [0.2, 0.25) is 0 Å². The van der Waals surface area contributed by atoms with Crippen LogP contribution in [0.3, 0.4) is 0 Å². The van der Waals surface area contributed by atoms with Crippen molar-refractivity contribution in [3.8, 4) is 11.4 Å². The molecule has 0 saturated heterocycles. The van der Waals surface area contributed by atoms with Crippen LogP contribution in [0.15, 0.2) is 48.5 Å². The highest BCUT2D eigenvalue weighted by Crippen LogP contribution is 2.54. The van der Waals surface area contributed by atoms with Gasteiger partial charge in [-0.05, 0) is 67.6 Å². The molecule has 6 rings (SSSR count). The van der Waals surface area contributed by atoms with Crippen molar-refractivity contribution in [3.05, 3.63) is 71.0 Å². The Morgan fingerprint density at radius 2 is 1.68 bits per heavy atom. The second kappa shape index (κ2) is 7.03. The number of methoxy groups -OCH3 is 1. The van der Waals surface area contributed by atoms with Gasteiger partial charge in [-0.3, -0.25) is 9.59 Å². The minimum atomic E-state index is -0.635. The Hall–Kier alpha value is -3.94. The fourth-order valence-corrected chi connectivity index (χ4v) is 5.13. The van der Waals surface area contributed by atoms with Gasteiger partial charge in [0.25, 0.3) is 11.8 Å². The highest BCUT2D eigenvalue weighted by atomic mass is 16.5. The van der Waals surface area contributed by atoms with Crippen LogP contribution in [0.25, 0.3) is 5.69 Å². The molecule has 2 heterocycles. The standard InChI is InChI=1S/C26H24N4O4/c1-34-19-8-6-18(7-9-19)30-22-20(21(28-30)23(27)32)25(10-11-25)14-29(24(22)33)17-4-2-16(3-5-17)26(15-31)12-13-26/h2-9,15H,10-14H2,1H3,(H2,27,32). The van der Waals surface area contributed by atoms with E-state index in [1.54, 1.807) is 36.3 Å². The monoisotopic (exact) mass is 456 g/mol. The van der Waals surface area contributed by atoms with Crippen LogP contribution >= 0.6 is 0 Å². The SMILES string of the molecule is COc1ccc(-n2nc(C(N)=O)c3c2C(=O)N(c2ccc(C4(C=O)CC4)cc2)CC32CC2)cc1. The summed E-state index contributed by atoms with van der Waals surface area (Å²) in [4.78, 5) is 39.5. The maximum absolute atomic E-state index is 13.9. The maximum Gasteiger partial charge on any atom is 0.277 e. The van der Waals surface area contributed by atoms with Crippen LogP contribution in [0.4, 0.5) is 5.69 Å². The van der Waals surface area contributed by atoms with Crippen LogP contribution in [0.1, 0.15) is 57.8 Å². The number of nitrogens with two attached hydrogens (primary N) is 1. The zero-order valence-corrected chi connectivity index (χ0v) is 18.8. The van der Waals surface area contributed by atoms with Gasteiger partial charge in [0.15, 0.2) is 5.69 Å². The van der Waals surface area contributed by atoms with Gasteiger partial charge in [-0.1, -0.05) is 12.1 Å². The van der Waals surface area contributed by atoms with E-state index in [1.807, 2.05) is 24.3 Å². The van der Waals surface area contributed by atoms with Gasteiger partial charge in [-0.15, -0.1) is 0 Å². The van der Waals surface area contributed by atoms with Crippen molar-refractivity contribution in [1.82, 2.24) is 9.78 Å². The zero-order chi connectivity index (χ0) is 23.7. The van der Waals surface area contributed by atoms with Crippen LogP contribution in [-0.2, 0) is 15.6 Å². The average Bonchev–Trinajstić information content (AvgIpc) is 3.78. The number of carbonyl (C=O) groups is 3. The first-order chi connectivity index (χ1) is 16.4. The van der Waals surface area contributed by atoms with Crippen molar-refractivity contribution in [1.29, 1.82) is 0 Å². The van der Waals surface area contributed by atoms with Gasteiger partial charge in [-0.2, -0.15) is 5.10 Å². The lowest BCUT2D eigenvalue weighted by atomic mass is 9.88. The lowest BCUT2D eigenvalue weighted by Gasteiger charge is -2.33. The Morgan fingerprint density at radius 1 is 1.03 bits per heavy atom. The largest absolute Gasteiger partial charge is 0.497 e. The van der Waals surface area contributed by atoms with Crippen molar-refractivity contribution in [3.63, 3.8) is 0 Å². The van der Waals surface area contributed by atoms with Gasteiger partial charge < -0.3 is 20.2 Å². The number of nitrogens with zero attached hydrogens (tertiary/aromatic N) is 3. The zero-order valence-electron chi connectivity index (χ0n) is 18.8. The number of hydrogen-bond acceptors (Lipinski definition) is 5. The molecule has 0 unspecified atom stereocenters. The number of rotatable bonds is 6. The van der Waals surface area contributed by atoms with Gasteiger partial charge in [0.1, 0.15) is 17.7 Å². The number of ether oxygens (including phenoxy) is 1. The third-order valence-electron chi connectivity index (χ3n) is 7.50. The van der Waals surface area contributed by atoms with Crippen molar-refractivity contribution in [2.24, 2.45) is 5.73 Å². The quantitative estimate of drug-likeness (QED) is 0.574. The number of hydrogen-bond donors (Lipinski definition) is 1. The first-order valence-electron chi connectivity index (χ1n) is 11.4. The van der Waals surface area contributed by atoms with E-state index in [2.05, 4.69) is 5.10 Å². The van der Waals surface area contributed by atoms with Crippen molar-refractivity contribution in [2.45, 2.75) is 36.5 Å². The number of anilines is 1. The summed E-state index contributed by atoms with van der Waals surface area (Å²) in [5.41, 5.74) is 8.59. The Bertz CT molecular complexity index is 1330. The van der Waals surface area contributed by atoms with E-state index in [9.17, 15) is 14.4 Å². The van der Waals surface area contributed by atoms with Gasteiger partial charge in [0.05, 0.1) is 18.2 Å². The molecule has 2 N–H and O–H groups in total. The summed E-state index contributed by atoms with van der Waals surface area (Å²) >= 11 is 0. The topological polar surface area (TPSA) is 108 Å². The maximum atomic E-state index is 13.9. The smallest absolute Gasteiger partial charge is 0.277 e. The highest BCUT2D eigenvalue weighted by molar-refractivity contribution is 6.10. The molecule has 1 aromatic heterocycles. The second-order valence-corrected chi connectivity index (χ2v) is 9.54. The molecule has 3 aliphatic rings. The van der Waals surface area contributed by atoms with Gasteiger partial charge >= 0.3 is 0 Å². The normalized spacial score (nSPS) is 19.0. The molecule has 2 amide bonds. The molecule has 0 bridgehead atoms. The molecule has 8 nitrogen and oxygen atoms in total. The number of aromatic nitrogens is 2. The Balaban J connectivity index is 1.46. The molecular formula is C26H24N4O4. The molecule has 2 aromatic carbocycles. The number of amides is 2. The van der Waals surface area contributed by atoms with E-state index >= 15 is 0 Å². The lowest BCUT2D eigenvalue weighted by Crippen LogP contribution is -2.44. The van der Waals surface area contributed by atoms with Gasteiger partial charge in [-0.25, -0.2) is 4.68 Å². The third kappa shape index (κ3) is 2.91. The van der Waals surface area contributed by atoms with E-state index in [-0.39, 0.29) is 22.4 Å². The van der Waals surface area contributed by atoms with Crippen LogP contribution in [-0.4, -0.2) is 41.5 Å². The number of aldehydes is 1. The molecule has 2 saturated carbocycles. The van der Waals surface area contributed by atoms with Crippen LogP contribution in [0.5, 0.6) is 5.75 Å². The minimum Gasteiger partial charge on any atom is -0.497 e. The highest BCUT2D eigenvalue weighted by Gasteiger charge is 2.56. The number of primary amides is 1. The predicted molar refractivity (Wildman–Crippen MR) is 125 cm³/mol. The fourth-order valence-electron chi connectivity index (χ4n) is 5.13. The molecule has 2 aliphatic carbocycles. The molecule has 172 valence electrons. The Kier molecular flexibility index (Phi) is 4.27. The van der Waals surface area contributed by atoms with Crippen molar-refractivity contribution >= 4 is 23.8 Å². The van der Waals surface area contributed by atoms with Crippen molar-refractivity contribution < 1.29 is 19.1 Å². The number of carbonyl (C=O) groups excluding carboxylic acids is 3. The van der Waals surface area contributed by atoms with Crippen LogP contribution in [0, 0.1) is 0 Å². The minimum absolute atomic E-state index is 0.160. The van der Waals surface area contributed by atoms with Gasteiger partial charge in [0, 0.05) is 23.2 Å². The first-order valence-corrected chi connectivity index (χ1v) is 11.4. The fraction of sp³-hybridized carbons (Fsp3) is 0.308. The van der Waals surface area contributed by atoms with E-state index in [4.69, 9.17) is 10.5 Å². The molecular weight excluding hydrogens is 432 g/mol. The first kappa shape index (κ1) is 20.7. The van der Waals surface area contributed by atoms with Crippen molar-refractivity contribution in [2.75, 3.05) is 18.6 Å². The molecule has 8 heteroatoms. The summed E-state index contributed by atoms with van der Waals surface area (Å²) < 4.78 is 6.78. The Morgan fingerprint density at radius 3 is 2.21 bits per heavy atom. The molecule has 1 aliphatic heterocycles. The predicted octanol–water partition coefficient (Wildman–Crippen LogP) is 2.90. The van der Waals surface area contributed by atoms with E-state index in [1.165, 1.54) is 4.68 Å². The number of fused-ring (bicyclic) bond motifs is 2. The summed E-state index contributed by atoms with van der Waals surface area (Å²) in [6.45, 7) is 0.464. The molecule has 3 aromatic rings. The second-order valence-electron chi connectivity index (χ2n) is 9.54. The molecule has 2 fully saturated rings. The molecule has 0 radical (unpaired) electrons. The van der Waals surface area contributed by atoms with E-state index < -0.39 is 5.91 Å². The summed E-state index contributed by atoms with van der Waals surface area (Å²) in [6.07, 6.45) is 4.46. The molecule has 34 heavy (non-hydrogen) atoms. The summed E-state index contributed by atoms with van der Waals surface area (Å²) in [5.74, 6) is -0.188. The molecule has 0 atom stereocenters. The Labute approximate surface area is 196 Å². The summed E-state index contributed by atoms with van der Waals surface area (Å²) in [7, 11) is 1.58. The summed E-state index contributed by atoms with van der Waals surface area (Å²) in [6, 6.07) is 14.8. The average molecular weight is 457 g/mol. The third-order valence-corrected chi connectivity index (χ3v) is 7.50. The van der Waals surface area contributed by atoms with Crippen LogP contribution < -0.4 is 15.4 Å². The van der Waals surface area contributed by atoms with E-state index in [0.717, 1.165) is 43.2 Å².